The highest BCUT2D eigenvalue weighted by Gasteiger charge is 2.22. The van der Waals surface area contributed by atoms with Gasteiger partial charge in [0, 0.05) is 30.2 Å². The molecule has 0 aliphatic carbocycles. The zero-order valence-electron chi connectivity index (χ0n) is 16.5. The molecule has 0 amide bonds. The first-order valence-electron chi connectivity index (χ1n) is 9.61. The van der Waals surface area contributed by atoms with E-state index in [1.807, 2.05) is 36.4 Å². The summed E-state index contributed by atoms with van der Waals surface area (Å²) in [6.45, 7) is 5.16. The molecule has 7 heteroatoms. The Balaban J connectivity index is 0.00000300. The number of aliphatic carboxylic acids is 1. The largest absolute Gasteiger partial charge is 0.489 e. The standard InChI is InChI=1S/C22H26ClNO4.ClH/c1-2-16-4-3-5-20(23)19(16)15-28-18-8-6-17(7-9-18)21-14-24(12-13-27-21)11-10-22(25)26;/h3-9,21H,2,10-15H2,1H3,(H,25,26);1H. The van der Waals surface area contributed by atoms with E-state index in [4.69, 9.17) is 26.2 Å². The fourth-order valence-corrected chi connectivity index (χ4v) is 3.64. The van der Waals surface area contributed by atoms with E-state index in [1.165, 1.54) is 5.56 Å². The molecule has 2 aromatic rings. The zero-order chi connectivity index (χ0) is 19.9. The number of hydrogen-bond donors (Lipinski definition) is 1. The van der Waals surface area contributed by atoms with E-state index in [-0.39, 0.29) is 24.9 Å². The number of carboxylic acid groups (broad SMARTS) is 1. The average molecular weight is 440 g/mol. The van der Waals surface area contributed by atoms with Crippen LogP contribution in [0.3, 0.4) is 0 Å². The molecule has 3 rings (SSSR count). The smallest absolute Gasteiger partial charge is 0.304 e. The number of carbonyl (C=O) groups is 1. The third-order valence-corrected chi connectivity index (χ3v) is 5.38. The van der Waals surface area contributed by atoms with Crippen LogP contribution in [0.4, 0.5) is 0 Å². The van der Waals surface area contributed by atoms with E-state index >= 15 is 0 Å². The third-order valence-electron chi connectivity index (χ3n) is 5.02. The van der Waals surface area contributed by atoms with Gasteiger partial charge < -0.3 is 14.6 Å². The summed E-state index contributed by atoms with van der Waals surface area (Å²) in [7, 11) is 0. The minimum atomic E-state index is -0.769. The van der Waals surface area contributed by atoms with Crippen molar-refractivity contribution in [1.82, 2.24) is 4.90 Å². The molecule has 0 bridgehead atoms. The molecule has 29 heavy (non-hydrogen) atoms. The molecule has 1 heterocycles. The molecule has 1 saturated heterocycles. The van der Waals surface area contributed by atoms with Gasteiger partial charge in [-0.15, -0.1) is 12.4 Å². The van der Waals surface area contributed by atoms with Crippen molar-refractivity contribution in [1.29, 1.82) is 0 Å². The van der Waals surface area contributed by atoms with E-state index in [1.54, 1.807) is 0 Å². The zero-order valence-corrected chi connectivity index (χ0v) is 18.0. The van der Waals surface area contributed by atoms with Gasteiger partial charge in [0.15, 0.2) is 0 Å². The van der Waals surface area contributed by atoms with Crippen LogP contribution in [0.15, 0.2) is 42.5 Å². The van der Waals surface area contributed by atoms with Crippen molar-refractivity contribution in [3.8, 4) is 5.75 Å². The predicted octanol–water partition coefficient (Wildman–Crippen LogP) is 4.75. The SMILES string of the molecule is CCc1cccc(Cl)c1COc1ccc(C2CN(CCC(=O)O)CCO2)cc1.Cl. The van der Waals surface area contributed by atoms with Crippen LogP contribution < -0.4 is 4.74 Å². The molecule has 1 N–H and O–H groups in total. The number of ether oxygens (including phenoxy) is 2. The fourth-order valence-electron chi connectivity index (χ4n) is 3.39. The van der Waals surface area contributed by atoms with Gasteiger partial charge in [-0.25, -0.2) is 0 Å². The Kier molecular flexibility index (Phi) is 9.24. The average Bonchev–Trinajstić information content (AvgIpc) is 2.72. The summed E-state index contributed by atoms with van der Waals surface area (Å²) >= 11 is 6.32. The van der Waals surface area contributed by atoms with Gasteiger partial charge in [0.25, 0.3) is 0 Å². The van der Waals surface area contributed by atoms with Crippen molar-refractivity contribution in [2.75, 3.05) is 26.2 Å². The number of carboxylic acids is 1. The maximum Gasteiger partial charge on any atom is 0.304 e. The normalized spacial score (nSPS) is 16.8. The summed E-state index contributed by atoms with van der Waals surface area (Å²) in [5.74, 6) is 0.0126. The van der Waals surface area contributed by atoms with Crippen LogP contribution >= 0.6 is 24.0 Å². The monoisotopic (exact) mass is 439 g/mol. The van der Waals surface area contributed by atoms with Crippen LogP contribution in [0.1, 0.15) is 36.1 Å². The van der Waals surface area contributed by atoms with Gasteiger partial charge in [0.1, 0.15) is 12.4 Å². The molecule has 0 aromatic heterocycles. The number of morpholine rings is 1. The van der Waals surface area contributed by atoms with Crippen LogP contribution in [0.25, 0.3) is 0 Å². The summed E-state index contributed by atoms with van der Waals surface area (Å²) in [6, 6.07) is 13.8. The van der Waals surface area contributed by atoms with Crippen LogP contribution in [0.5, 0.6) is 5.75 Å². The fraction of sp³-hybridized carbons (Fsp3) is 0.409. The second-order valence-electron chi connectivity index (χ2n) is 6.89. The molecule has 1 aliphatic rings. The predicted molar refractivity (Wildman–Crippen MR) is 116 cm³/mol. The molecule has 0 spiro atoms. The Morgan fingerprint density at radius 3 is 2.72 bits per heavy atom. The van der Waals surface area contributed by atoms with Crippen LogP contribution in [-0.2, 0) is 22.6 Å². The highest BCUT2D eigenvalue weighted by Crippen LogP contribution is 2.26. The van der Waals surface area contributed by atoms with Crippen molar-refractivity contribution in [3.05, 3.63) is 64.2 Å². The Hall–Kier alpha value is -1.79. The number of nitrogens with zero attached hydrogens (tertiary/aromatic N) is 1. The minimum Gasteiger partial charge on any atom is -0.489 e. The summed E-state index contributed by atoms with van der Waals surface area (Å²) < 4.78 is 11.8. The first kappa shape index (κ1) is 23.5. The Bertz CT molecular complexity index is 798. The molecule has 158 valence electrons. The van der Waals surface area contributed by atoms with Crippen LogP contribution in [-0.4, -0.2) is 42.2 Å². The van der Waals surface area contributed by atoms with Gasteiger partial charge in [0.2, 0.25) is 0 Å². The van der Waals surface area contributed by atoms with E-state index in [0.717, 1.165) is 34.9 Å². The molecule has 0 saturated carbocycles. The number of aryl methyl sites for hydroxylation is 1. The minimum absolute atomic E-state index is 0. The highest BCUT2D eigenvalue weighted by atomic mass is 35.5. The van der Waals surface area contributed by atoms with Gasteiger partial charge in [0.05, 0.1) is 19.1 Å². The van der Waals surface area contributed by atoms with Crippen molar-refractivity contribution >= 4 is 30.0 Å². The number of hydrogen-bond acceptors (Lipinski definition) is 4. The lowest BCUT2D eigenvalue weighted by atomic mass is 10.1. The van der Waals surface area contributed by atoms with Gasteiger partial charge in [-0.3, -0.25) is 9.69 Å². The molecular weight excluding hydrogens is 413 g/mol. The summed E-state index contributed by atoms with van der Waals surface area (Å²) in [4.78, 5) is 12.9. The lowest BCUT2D eigenvalue weighted by Crippen LogP contribution is -2.39. The number of rotatable bonds is 8. The van der Waals surface area contributed by atoms with Crippen LogP contribution in [0, 0.1) is 0 Å². The molecule has 1 aliphatic heterocycles. The first-order valence-corrected chi connectivity index (χ1v) is 9.99. The maximum atomic E-state index is 10.8. The second kappa shape index (κ2) is 11.4. The molecule has 2 aromatic carbocycles. The molecule has 1 fully saturated rings. The Labute approximate surface area is 183 Å². The van der Waals surface area contributed by atoms with E-state index < -0.39 is 5.97 Å². The first-order chi connectivity index (χ1) is 13.6. The summed E-state index contributed by atoms with van der Waals surface area (Å²) in [5.41, 5.74) is 3.29. The van der Waals surface area contributed by atoms with Gasteiger partial charge in [-0.1, -0.05) is 42.8 Å². The maximum absolute atomic E-state index is 10.8. The molecule has 0 radical (unpaired) electrons. The number of benzene rings is 2. The van der Waals surface area contributed by atoms with E-state index in [0.29, 0.717) is 26.3 Å². The lowest BCUT2D eigenvalue weighted by molar-refractivity contribution is -0.137. The quantitative estimate of drug-likeness (QED) is 0.642. The van der Waals surface area contributed by atoms with Crippen LogP contribution in [0.2, 0.25) is 5.02 Å². The lowest BCUT2D eigenvalue weighted by Gasteiger charge is -2.32. The summed E-state index contributed by atoms with van der Waals surface area (Å²) in [6.07, 6.45) is 1.02. The van der Waals surface area contributed by atoms with Gasteiger partial charge >= 0.3 is 5.97 Å². The second-order valence-corrected chi connectivity index (χ2v) is 7.30. The summed E-state index contributed by atoms with van der Waals surface area (Å²) in [5, 5.41) is 9.59. The van der Waals surface area contributed by atoms with Gasteiger partial charge in [-0.2, -0.15) is 0 Å². The van der Waals surface area contributed by atoms with Gasteiger partial charge in [-0.05, 0) is 35.7 Å². The molecule has 5 nitrogen and oxygen atoms in total. The number of halogens is 2. The van der Waals surface area contributed by atoms with Crippen molar-refractivity contribution in [2.24, 2.45) is 0 Å². The highest BCUT2D eigenvalue weighted by molar-refractivity contribution is 6.31. The van der Waals surface area contributed by atoms with E-state index in [9.17, 15) is 4.79 Å². The molecule has 1 unspecified atom stereocenters. The topological polar surface area (TPSA) is 59.0 Å². The molecular formula is C22H27Cl2NO4. The van der Waals surface area contributed by atoms with Crippen molar-refractivity contribution < 1.29 is 19.4 Å². The van der Waals surface area contributed by atoms with Crippen molar-refractivity contribution in [3.63, 3.8) is 0 Å². The Morgan fingerprint density at radius 1 is 1.28 bits per heavy atom. The molecule has 1 atom stereocenters. The third kappa shape index (κ3) is 6.61. The Morgan fingerprint density at radius 2 is 2.03 bits per heavy atom. The van der Waals surface area contributed by atoms with Crippen molar-refractivity contribution in [2.45, 2.75) is 32.5 Å². The van der Waals surface area contributed by atoms with E-state index in [2.05, 4.69) is 17.9 Å².